The van der Waals surface area contributed by atoms with Crippen molar-refractivity contribution in [1.82, 2.24) is 10.2 Å². The summed E-state index contributed by atoms with van der Waals surface area (Å²) in [5.74, 6) is -2.69. The number of hydrogen-bond donors (Lipinski definition) is 2. The monoisotopic (exact) mass is 358 g/mol. The number of carbonyl (C=O) groups excluding carboxylic acids is 2. The average molecular weight is 358 g/mol. The number of piperidine rings is 1. The minimum atomic E-state index is -4.49. The third-order valence-corrected chi connectivity index (χ3v) is 4.00. The SMILES string of the molecule is O=C(NCC(=O)N1CCCC(C(=O)O)C1)c1ccc(C(F)(F)F)cc1. The van der Waals surface area contributed by atoms with Crippen LogP contribution >= 0.6 is 0 Å². The number of carboxylic acid groups (broad SMARTS) is 1. The third kappa shape index (κ3) is 4.94. The maximum absolute atomic E-state index is 12.5. The van der Waals surface area contributed by atoms with Gasteiger partial charge in [0.05, 0.1) is 18.0 Å². The van der Waals surface area contributed by atoms with Crippen molar-refractivity contribution in [2.45, 2.75) is 19.0 Å². The van der Waals surface area contributed by atoms with E-state index in [9.17, 15) is 27.6 Å². The molecule has 0 bridgehead atoms. The number of halogens is 3. The van der Waals surface area contributed by atoms with E-state index < -0.39 is 35.4 Å². The molecule has 0 aromatic heterocycles. The summed E-state index contributed by atoms with van der Waals surface area (Å²) < 4.78 is 37.4. The molecule has 6 nitrogen and oxygen atoms in total. The summed E-state index contributed by atoms with van der Waals surface area (Å²) in [7, 11) is 0. The molecular weight excluding hydrogens is 341 g/mol. The molecule has 1 atom stereocenters. The van der Waals surface area contributed by atoms with Gasteiger partial charge in [0.2, 0.25) is 5.91 Å². The number of rotatable bonds is 4. The van der Waals surface area contributed by atoms with Gasteiger partial charge in [0.1, 0.15) is 0 Å². The van der Waals surface area contributed by atoms with Gasteiger partial charge in [0.15, 0.2) is 0 Å². The Morgan fingerprint density at radius 3 is 2.40 bits per heavy atom. The molecule has 136 valence electrons. The number of nitrogens with one attached hydrogen (secondary N) is 1. The second-order valence-electron chi connectivity index (χ2n) is 5.77. The number of carboxylic acids is 1. The van der Waals surface area contributed by atoms with Gasteiger partial charge in [-0.2, -0.15) is 13.2 Å². The lowest BCUT2D eigenvalue weighted by Gasteiger charge is -2.30. The minimum absolute atomic E-state index is 0.00265. The summed E-state index contributed by atoms with van der Waals surface area (Å²) >= 11 is 0. The number of hydrogen-bond acceptors (Lipinski definition) is 3. The van der Waals surface area contributed by atoms with Gasteiger partial charge in [-0.3, -0.25) is 14.4 Å². The molecule has 1 unspecified atom stereocenters. The zero-order valence-electron chi connectivity index (χ0n) is 13.2. The summed E-state index contributed by atoms with van der Waals surface area (Å²) in [5.41, 5.74) is -0.865. The van der Waals surface area contributed by atoms with Gasteiger partial charge in [0.25, 0.3) is 5.91 Å². The Kier molecular flexibility index (Phi) is 5.66. The maximum atomic E-state index is 12.5. The summed E-state index contributed by atoms with van der Waals surface area (Å²) in [4.78, 5) is 36.3. The lowest BCUT2D eigenvalue weighted by atomic mass is 9.98. The molecule has 1 fully saturated rings. The topological polar surface area (TPSA) is 86.7 Å². The van der Waals surface area contributed by atoms with Crippen molar-refractivity contribution in [1.29, 1.82) is 0 Å². The Labute approximate surface area is 141 Å². The van der Waals surface area contributed by atoms with Crippen molar-refractivity contribution >= 4 is 17.8 Å². The van der Waals surface area contributed by atoms with Crippen LogP contribution in [0.25, 0.3) is 0 Å². The highest BCUT2D eigenvalue weighted by molar-refractivity contribution is 5.96. The van der Waals surface area contributed by atoms with Crippen LogP contribution in [-0.2, 0) is 15.8 Å². The number of aliphatic carboxylic acids is 1. The fourth-order valence-electron chi connectivity index (χ4n) is 2.59. The van der Waals surface area contributed by atoms with Crippen LogP contribution in [0.4, 0.5) is 13.2 Å². The van der Waals surface area contributed by atoms with Crippen molar-refractivity contribution in [3.8, 4) is 0 Å². The summed E-state index contributed by atoms with van der Waals surface area (Å²) in [6.07, 6.45) is -3.42. The van der Waals surface area contributed by atoms with E-state index in [-0.39, 0.29) is 18.7 Å². The first kappa shape index (κ1) is 18.8. The molecule has 0 aliphatic carbocycles. The van der Waals surface area contributed by atoms with Crippen LogP contribution in [0.3, 0.4) is 0 Å². The number of amides is 2. The van der Waals surface area contributed by atoms with E-state index in [4.69, 9.17) is 5.11 Å². The smallest absolute Gasteiger partial charge is 0.416 e. The Morgan fingerprint density at radius 1 is 1.20 bits per heavy atom. The first-order chi connectivity index (χ1) is 11.7. The predicted molar refractivity (Wildman–Crippen MR) is 80.7 cm³/mol. The summed E-state index contributed by atoms with van der Waals surface area (Å²) in [6.45, 7) is 0.162. The Morgan fingerprint density at radius 2 is 1.84 bits per heavy atom. The third-order valence-electron chi connectivity index (χ3n) is 4.00. The van der Waals surface area contributed by atoms with Gasteiger partial charge in [-0.15, -0.1) is 0 Å². The molecule has 1 aromatic carbocycles. The zero-order chi connectivity index (χ0) is 18.6. The van der Waals surface area contributed by atoms with Crippen molar-refractivity contribution in [3.63, 3.8) is 0 Å². The number of nitrogens with zero attached hydrogens (tertiary/aromatic N) is 1. The van der Waals surface area contributed by atoms with Gasteiger partial charge in [0, 0.05) is 18.7 Å². The summed E-state index contributed by atoms with van der Waals surface area (Å²) in [5, 5.41) is 11.3. The van der Waals surface area contributed by atoms with Gasteiger partial charge in [-0.25, -0.2) is 0 Å². The molecule has 0 saturated carbocycles. The van der Waals surface area contributed by atoms with Gasteiger partial charge in [-0.1, -0.05) is 0 Å². The average Bonchev–Trinajstić information content (AvgIpc) is 2.58. The molecule has 1 saturated heterocycles. The van der Waals surface area contributed by atoms with E-state index >= 15 is 0 Å². The molecule has 2 rings (SSSR count). The Bertz CT molecular complexity index is 658. The van der Waals surface area contributed by atoms with Crippen LogP contribution in [0.15, 0.2) is 24.3 Å². The molecule has 2 amide bonds. The molecule has 1 aromatic rings. The molecular formula is C16H17F3N2O4. The van der Waals surface area contributed by atoms with Crippen molar-refractivity contribution in [2.75, 3.05) is 19.6 Å². The Balaban J connectivity index is 1.89. The number of alkyl halides is 3. The van der Waals surface area contributed by atoms with Crippen molar-refractivity contribution in [2.24, 2.45) is 5.92 Å². The highest BCUT2D eigenvalue weighted by atomic mass is 19.4. The van der Waals surface area contributed by atoms with Crippen molar-refractivity contribution in [3.05, 3.63) is 35.4 Å². The van der Waals surface area contributed by atoms with Crippen LogP contribution in [-0.4, -0.2) is 47.4 Å². The maximum Gasteiger partial charge on any atom is 0.416 e. The first-order valence-electron chi connectivity index (χ1n) is 7.64. The molecule has 1 aliphatic heterocycles. The molecule has 1 heterocycles. The Hall–Kier alpha value is -2.58. The quantitative estimate of drug-likeness (QED) is 0.859. The molecule has 2 N–H and O–H groups in total. The molecule has 1 aliphatic rings. The summed E-state index contributed by atoms with van der Waals surface area (Å²) in [6, 6.07) is 3.64. The largest absolute Gasteiger partial charge is 0.481 e. The van der Waals surface area contributed by atoms with E-state index in [0.29, 0.717) is 19.4 Å². The minimum Gasteiger partial charge on any atom is -0.481 e. The zero-order valence-corrected chi connectivity index (χ0v) is 13.2. The molecule has 0 radical (unpaired) electrons. The predicted octanol–water partition coefficient (Wildman–Crippen LogP) is 1.76. The fraction of sp³-hybridized carbons (Fsp3) is 0.438. The second-order valence-corrected chi connectivity index (χ2v) is 5.77. The van der Waals surface area contributed by atoms with Crippen LogP contribution < -0.4 is 5.32 Å². The van der Waals surface area contributed by atoms with E-state index in [1.54, 1.807) is 0 Å². The van der Waals surface area contributed by atoms with Crippen LogP contribution in [0.1, 0.15) is 28.8 Å². The van der Waals surface area contributed by atoms with E-state index in [1.165, 1.54) is 4.90 Å². The lowest BCUT2D eigenvalue weighted by Crippen LogP contribution is -2.46. The van der Waals surface area contributed by atoms with E-state index in [0.717, 1.165) is 24.3 Å². The van der Waals surface area contributed by atoms with Gasteiger partial charge >= 0.3 is 12.1 Å². The molecule has 0 spiro atoms. The fourth-order valence-corrected chi connectivity index (χ4v) is 2.59. The van der Waals surface area contributed by atoms with Gasteiger partial charge in [-0.05, 0) is 37.1 Å². The standard InChI is InChI=1S/C16H17F3N2O4/c17-16(18,19)12-5-3-10(4-6-12)14(23)20-8-13(22)21-7-1-2-11(9-21)15(24)25/h3-6,11H,1-2,7-9H2,(H,20,23)(H,24,25). The van der Waals surface area contributed by atoms with E-state index in [1.807, 2.05) is 0 Å². The van der Waals surface area contributed by atoms with Crippen LogP contribution in [0, 0.1) is 5.92 Å². The number of benzene rings is 1. The van der Waals surface area contributed by atoms with Gasteiger partial charge < -0.3 is 15.3 Å². The van der Waals surface area contributed by atoms with Crippen molar-refractivity contribution < 1.29 is 32.7 Å². The lowest BCUT2D eigenvalue weighted by molar-refractivity contribution is -0.145. The normalized spacial score (nSPS) is 17.9. The first-order valence-corrected chi connectivity index (χ1v) is 7.64. The van der Waals surface area contributed by atoms with Crippen LogP contribution in [0.2, 0.25) is 0 Å². The molecule has 25 heavy (non-hydrogen) atoms. The van der Waals surface area contributed by atoms with E-state index in [2.05, 4.69) is 5.32 Å². The number of carbonyl (C=O) groups is 3. The van der Waals surface area contributed by atoms with Crippen LogP contribution in [0.5, 0.6) is 0 Å². The molecule has 9 heteroatoms. The highest BCUT2D eigenvalue weighted by Gasteiger charge is 2.30. The number of likely N-dealkylation sites (tertiary alicyclic amines) is 1. The highest BCUT2D eigenvalue weighted by Crippen LogP contribution is 2.29. The second kappa shape index (κ2) is 7.54.